The van der Waals surface area contributed by atoms with Crippen LogP contribution in [0.25, 0.3) is 10.6 Å². The van der Waals surface area contributed by atoms with Gasteiger partial charge in [0.25, 0.3) is 0 Å². The van der Waals surface area contributed by atoms with Crippen LogP contribution in [0.5, 0.6) is 0 Å². The summed E-state index contributed by atoms with van der Waals surface area (Å²) in [5.74, 6) is 0. The molecule has 0 aliphatic carbocycles. The van der Waals surface area contributed by atoms with E-state index in [4.69, 9.17) is 11.6 Å². The van der Waals surface area contributed by atoms with Gasteiger partial charge in [0.15, 0.2) is 0 Å². The summed E-state index contributed by atoms with van der Waals surface area (Å²) >= 11 is 7.47. The molecular formula is C10H9ClN2S. The predicted molar refractivity (Wildman–Crippen MR) is 59.8 cm³/mol. The summed E-state index contributed by atoms with van der Waals surface area (Å²) in [5, 5.41) is 10.8. The van der Waals surface area contributed by atoms with E-state index in [1.165, 1.54) is 0 Å². The number of benzene rings is 1. The zero-order chi connectivity index (χ0) is 10.1. The molecule has 0 N–H and O–H groups in total. The number of halogens is 1. The molecule has 0 bridgehead atoms. The molecular weight excluding hydrogens is 216 g/mol. The topological polar surface area (TPSA) is 25.8 Å². The van der Waals surface area contributed by atoms with Gasteiger partial charge in [0.1, 0.15) is 10.0 Å². The van der Waals surface area contributed by atoms with Crippen molar-refractivity contribution in [3.8, 4) is 10.6 Å². The lowest BCUT2D eigenvalue weighted by molar-refractivity contribution is 1.05. The zero-order valence-corrected chi connectivity index (χ0v) is 9.49. The third-order valence-electron chi connectivity index (χ3n) is 1.94. The largest absolute Gasteiger partial charge is 0.148 e. The Bertz CT molecular complexity index is 465. The van der Waals surface area contributed by atoms with E-state index in [-0.39, 0.29) is 0 Å². The molecule has 14 heavy (non-hydrogen) atoms. The van der Waals surface area contributed by atoms with Crippen molar-refractivity contribution in [2.75, 3.05) is 0 Å². The van der Waals surface area contributed by atoms with E-state index in [1.807, 2.05) is 32.0 Å². The first kappa shape index (κ1) is 9.62. The molecule has 0 saturated carbocycles. The fraction of sp³-hybridized carbons (Fsp3) is 0.200. The predicted octanol–water partition coefficient (Wildman–Crippen LogP) is 3.48. The van der Waals surface area contributed by atoms with Crippen LogP contribution in [0.15, 0.2) is 18.2 Å². The normalized spacial score (nSPS) is 10.5. The molecule has 2 aromatic rings. The van der Waals surface area contributed by atoms with E-state index >= 15 is 0 Å². The highest BCUT2D eigenvalue weighted by Crippen LogP contribution is 2.27. The highest BCUT2D eigenvalue weighted by atomic mass is 35.5. The quantitative estimate of drug-likeness (QED) is 0.741. The van der Waals surface area contributed by atoms with Gasteiger partial charge in [-0.25, -0.2) is 0 Å². The Balaban J connectivity index is 2.52. The van der Waals surface area contributed by atoms with Crippen LogP contribution in [0.3, 0.4) is 0 Å². The van der Waals surface area contributed by atoms with Gasteiger partial charge in [-0.3, -0.25) is 0 Å². The lowest BCUT2D eigenvalue weighted by atomic mass is 10.1. The Hall–Kier alpha value is -0.930. The molecule has 72 valence electrons. The van der Waals surface area contributed by atoms with Gasteiger partial charge in [-0.1, -0.05) is 29.0 Å². The highest BCUT2D eigenvalue weighted by Gasteiger charge is 2.06. The molecule has 0 fully saturated rings. The van der Waals surface area contributed by atoms with E-state index in [9.17, 15) is 0 Å². The highest BCUT2D eigenvalue weighted by molar-refractivity contribution is 7.14. The average Bonchev–Trinajstić information content (AvgIpc) is 2.51. The number of hydrogen-bond acceptors (Lipinski definition) is 3. The minimum atomic E-state index is 0.757. The van der Waals surface area contributed by atoms with Crippen molar-refractivity contribution in [1.82, 2.24) is 10.2 Å². The fourth-order valence-corrected chi connectivity index (χ4v) is 2.28. The monoisotopic (exact) mass is 224 g/mol. The van der Waals surface area contributed by atoms with Crippen LogP contribution in [0.2, 0.25) is 5.02 Å². The van der Waals surface area contributed by atoms with Gasteiger partial charge in [-0.05, 0) is 31.5 Å². The standard InChI is InChI=1S/C10H9ClN2S/c1-6-5-8(11)3-4-9(6)10-13-12-7(2)14-10/h3-5H,1-2H3. The number of aryl methyl sites for hydroxylation is 2. The van der Waals surface area contributed by atoms with Crippen molar-refractivity contribution in [3.63, 3.8) is 0 Å². The molecule has 0 radical (unpaired) electrons. The summed E-state index contributed by atoms with van der Waals surface area (Å²) in [4.78, 5) is 0. The molecule has 0 saturated heterocycles. The summed E-state index contributed by atoms with van der Waals surface area (Å²) in [5.41, 5.74) is 2.24. The summed E-state index contributed by atoms with van der Waals surface area (Å²) in [7, 11) is 0. The van der Waals surface area contributed by atoms with E-state index in [0.717, 1.165) is 26.2 Å². The average molecular weight is 225 g/mol. The second-order valence-electron chi connectivity index (χ2n) is 3.09. The maximum Gasteiger partial charge on any atom is 0.148 e. The van der Waals surface area contributed by atoms with E-state index in [0.29, 0.717) is 0 Å². The lowest BCUT2D eigenvalue weighted by Crippen LogP contribution is -1.82. The Morgan fingerprint density at radius 1 is 1.21 bits per heavy atom. The Kier molecular flexibility index (Phi) is 2.52. The van der Waals surface area contributed by atoms with Gasteiger partial charge < -0.3 is 0 Å². The molecule has 2 nitrogen and oxygen atoms in total. The lowest BCUT2D eigenvalue weighted by Gasteiger charge is -2.00. The molecule has 0 amide bonds. The number of hydrogen-bond donors (Lipinski definition) is 0. The summed E-state index contributed by atoms with van der Waals surface area (Å²) in [6.45, 7) is 3.98. The molecule has 2 rings (SSSR count). The van der Waals surface area contributed by atoms with Gasteiger partial charge >= 0.3 is 0 Å². The molecule has 0 unspecified atom stereocenters. The van der Waals surface area contributed by atoms with Crippen LogP contribution < -0.4 is 0 Å². The molecule has 0 spiro atoms. The van der Waals surface area contributed by atoms with Gasteiger partial charge in [0.2, 0.25) is 0 Å². The minimum Gasteiger partial charge on any atom is -0.143 e. The van der Waals surface area contributed by atoms with Crippen LogP contribution in [-0.2, 0) is 0 Å². The summed E-state index contributed by atoms with van der Waals surface area (Å²) in [6.07, 6.45) is 0. The molecule has 0 aliphatic rings. The van der Waals surface area contributed by atoms with Crippen LogP contribution in [0.4, 0.5) is 0 Å². The van der Waals surface area contributed by atoms with Crippen molar-refractivity contribution >= 4 is 22.9 Å². The van der Waals surface area contributed by atoms with E-state index in [1.54, 1.807) is 11.3 Å². The second kappa shape index (κ2) is 3.67. The SMILES string of the molecule is Cc1nnc(-c2ccc(Cl)cc2C)s1. The third-order valence-corrected chi connectivity index (χ3v) is 3.05. The van der Waals surface area contributed by atoms with E-state index < -0.39 is 0 Å². The van der Waals surface area contributed by atoms with Crippen LogP contribution >= 0.6 is 22.9 Å². The van der Waals surface area contributed by atoms with Crippen LogP contribution in [0, 0.1) is 13.8 Å². The maximum atomic E-state index is 5.88. The summed E-state index contributed by atoms with van der Waals surface area (Å²) in [6, 6.07) is 5.80. The Morgan fingerprint density at radius 2 is 2.00 bits per heavy atom. The molecule has 1 aromatic heterocycles. The minimum absolute atomic E-state index is 0.757. The van der Waals surface area contributed by atoms with Gasteiger partial charge in [0.05, 0.1) is 0 Å². The second-order valence-corrected chi connectivity index (χ2v) is 4.70. The molecule has 1 aromatic carbocycles. The first-order chi connectivity index (χ1) is 6.66. The Morgan fingerprint density at radius 3 is 2.57 bits per heavy atom. The van der Waals surface area contributed by atoms with Crippen molar-refractivity contribution in [2.45, 2.75) is 13.8 Å². The van der Waals surface area contributed by atoms with Crippen molar-refractivity contribution in [2.24, 2.45) is 0 Å². The van der Waals surface area contributed by atoms with Crippen molar-refractivity contribution in [3.05, 3.63) is 33.8 Å². The number of nitrogens with zero attached hydrogens (tertiary/aromatic N) is 2. The smallest absolute Gasteiger partial charge is 0.143 e. The van der Waals surface area contributed by atoms with Gasteiger partial charge in [0, 0.05) is 10.6 Å². The fourth-order valence-electron chi connectivity index (χ4n) is 1.27. The number of aromatic nitrogens is 2. The van der Waals surface area contributed by atoms with Gasteiger partial charge in [-0.15, -0.1) is 10.2 Å². The molecule has 4 heteroatoms. The van der Waals surface area contributed by atoms with Crippen molar-refractivity contribution < 1.29 is 0 Å². The van der Waals surface area contributed by atoms with Crippen LogP contribution in [-0.4, -0.2) is 10.2 Å². The first-order valence-electron chi connectivity index (χ1n) is 4.23. The van der Waals surface area contributed by atoms with Gasteiger partial charge in [-0.2, -0.15) is 0 Å². The molecule has 0 aliphatic heterocycles. The third kappa shape index (κ3) is 1.79. The molecule has 0 atom stereocenters. The number of rotatable bonds is 1. The van der Waals surface area contributed by atoms with Crippen molar-refractivity contribution in [1.29, 1.82) is 0 Å². The first-order valence-corrected chi connectivity index (χ1v) is 5.43. The summed E-state index contributed by atoms with van der Waals surface area (Å²) < 4.78 is 0. The maximum absolute atomic E-state index is 5.88. The van der Waals surface area contributed by atoms with Crippen LogP contribution in [0.1, 0.15) is 10.6 Å². The Labute approximate surface area is 91.6 Å². The van der Waals surface area contributed by atoms with E-state index in [2.05, 4.69) is 10.2 Å². The molecule has 1 heterocycles. The zero-order valence-electron chi connectivity index (χ0n) is 7.91.